The van der Waals surface area contributed by atoms with Crippen molar-refractivity contribution in [1.29, 1.82) is 5.26 Å². The lowest BCUT2D eigenvalue weighted by Crippen LogP contribution is -2.47. The Balaban J connectivity index is 1.90. The zero-order valence-electron chi connectivity index (χ0n) is 13.5. The first-order valence-corrected chi connectivity index (χ1v) is 10.1. The van der Waals surface area contributed by atoms with Crippen LogP contribution < -0.4 is 4.90 Å². The van der Waals surface area contributed by atoms with Crippen LogP contribution in [0.5, 0.6) is 0 Å². The standard InChI is InChI=1S/C17H23N3O2S/c1-23(21,22)17-8-4-7-16(15(17)12-18)20-11-5-6-14(13-20)19-9-2-3-10-19/h4,7-8,14H,2-3,5-6,9-11,13H2,1H3/t14-/m1/s1. The molecule has 2 heterocycles. The molecule has 0 amide bonds. The molecule has 0 N–H and O–H groups in total. The third-order valence-electron chi connectivity index (χ3n) is 4.91. The van der Waals surface area contributed by atoms with Crippen molar-refractivity contribution < 1.29 is 8.42 Å². The average molecular weight is 333 g/mol. The Morgan fingerprint density at radius 2 is 1.91 bits per heavy atom. The van der Waals surface area contributed by atoms with Gasteiger partial charge in [-0.05, 0) is 50.9 Å². The summed E-state index contributed by atoms with van der Waals surface area (Å²) in [4.78, 5) is 4.87. The van der Waals surface area contributed by atoms with Crippen LogP contribution in [0.1, 0.15) is 31.2 Å². The molecule has 2 saturated heterocycles. The number of rotatable bonds is 3. The molecule has 0 aromatic heterocycles. The topological polar surface area (TPSA) is 64.4 Å². The number of nitrogens with zero attached hydrogens (tertiary/aromatic N) is 3. The second kappa shape index (κ2) is 6.50. The van der Waals surface area contributed by atoms with Crippen molar-refractivity contribution in [2.24, 2.45) is 0 Å². The van der Waals surface area contributed by atoms with E-state index in [4.69, 9.17) is 0 Å². The van der Waals surface area contributed by atoms with Crippen LogP contribution in [0.2, 0.25) is 0 Å². The fraction of sp³-hybridized carbons (Fsp3) is 0.588. The molecule has 2 aliphatic heterocycles. The number of piperidine rings is 1. The van der Waals surface area contributed by atoms with Crippen molar-refractivity contribution in [1.82, 2.24) is 4.90 Å². The van der Waals surface area contributed by atoms with Crippen molar-refractivity contribution in [3.05, 3.63) is 23.8 Å². The van der Waals surface area contributed by atoms with Crippen molar-refractivity contribution in [3.8, 4) is 6.07 Å². The van der Waals surface area contributed by atoms with Gasteiger partial charge in [-0.3, -0.25) is 4.90 Å². The Morgan fingerprint density at radius 3 is 2.57 bits per heavy atom. The molecule has 5 nitrogen and oxygen atoms in total. The normalized spacial score (nSPS) is 23.0. The molecule has 1 aromatic rings. The first kappa shape index (κ1) is 16.3. The number of sulfone groups is 1. The monoisotopic (exact) mass is 333 g/mol. The molecule has 1 atom stereocenters. The quantitative estimate of drug-likeness (QED) is 0.847. The third kappa shape index (κ3) is 3.36. The molecule has 2 fully saturated rings. The van der Waals surface area contributed by atoms with E-state index < -0.39 is 9.84 Å². The molecule has 0 aliphatic carbocycles. The van der Waals surface area contributed by atoms with Gasteiger partial charge in [0.25, 0.3) is 0 Å². The fourth-order valence-corrected chi connectivity index (χ4v) is 4.63. The summed E-state index contributed by atoms with van der Waals surface area (Å²) in [6.07, 6.45) is 5.96. The zero-order chi connectivity index (χ0) is 16.4. The first-order chi connectivity index (χ1) is 11.0. The highest BCUT2D eigenvalue weighted by molar-refractivity contribution is 7.90. The maximum atomic E-state index is 11.9. The van der Waals surface area contributed by atoms with Gasteiger partial charge in [0.05, 0.1) is 16.1 Å². The SMILES string of the molecule is CS(=O)(=O)c1cccc(N2CCC[C@@H](N3CCCC3)C2)c1C#N. The van der Waals surface area contributed by atoms with Gasteiger partial charge in [0.1, 0.15) is 6.07 Å². The van der Waals surface area contributed by atoms with Crippen molar-refractivity contribution >= 4 is 15.5 Å². The van der Waals surface area contributed by atoms with Gasteiger partial charge in [0.15, 0.2) is 9.84 Å². The number of likely N-dealkylation sites (tertiary alicyclic amines) is 1. The summed E-state index contributed by atoms with van der Waals surface area (Å²) in [5.74, 6) is 0. The highest BCUT2D eigenvalue weighted by atomic mass is 32.2. The summed E-state index contributed by atoms with van der Waals surface area (Å²) in [5.41, 5.74) is 1.05. The summed E-state index contributed by atoms with van der Waals surface area (Å²) in [7, 11) is -3.40. The summed E-state index contributed by atoms with van der Waals surface area (Å²) in [6, 6.07) is 7.78. The minimum absolute atomic E-state index is 0.140. The summed E-state index contributed by atoms with van der Waals surface area (Å²) in [6.45, 7) is 4.08. The van der Waals surface area contributed by atoms with E-state index in [2.05, 4.69) is 15.9 Å². The average Bonchev–Trinajstić information content (AvgIpc) is 3.08. The molecule has 0 saturated carbocycles. The van der Waals surface area contributed by atoms with Crippen LogP contribution in [0.15, 0.2) is 23.1 Å². The van der Waals surface area contributed by atoms with Crippen LogP contribution in [-0.2, 0) is 9.84 Å². The fourth-order valence-electron chi connectivity index (χ4n) is 3.78. The Hall–Kier alpha value is -1.58. The minimum atomic E-state index is -3.40. The van der Waals surface area contributed by atoms with Gasteiger partial charge in [0, 0.05) is 25.4 Å². The van der Waals surface area contributed by atoms with Crippen LogP contribution in [0.4, 0.5) is 5.69 Å². The Labute approximate surface area is 138 Å². The van der Waals surface area contributed by atoms with Gasteiger partial charge >= 0.3 is 0 Å². The van der Waals surface area contributed by atoms with Gasteiger partial charge in [-0.15, -0.1) is 0 Å². The number of hydrogen-bond acceptors (Lipinski definition) is 5. The van der Waals surface area contributed by atoms with Crippen molar-refractivity contribution in [2.45, 2.75) is 36.6 Å². The highest BCUT2D eigenvalue weighted by Crippen LogP contribution is 2.30. The third-order valence-corrected chi connectivity index (χ3v) is 6.05. The predicted octanol–water partition coefficient (Wildman–Crippen LogP) is 2.03. The van der Waals surface area contributed by atoms with Gasteiger partial charge in [-0.1, -0.05) is 6.07 Å². The summed E-state index contributed by atoms with van der Waals surface area (Å²) in [5, 5.41) is 9.52. The lowest BCUT2D eigenvalue weighted by Gasteiger charge is -2.39. The van der Waals surface area contributed by atoms with Gasteiger partial charge in [-0.2, -0.15) is 5.26 Å². The molecule has 6 heteroatoms. The molecule has 124 valence electrons. The van der Waals surface area contributed by atoms with E-state index in [1.807, 2.05) is 6.07 Å². The first-order valence-electron chi connectivity index (χ1n) is 8.23. The summed E-state index contributed by atoms with van der Waals surface area (Å²) >= 11 is 0. The van der Waals surface area contributed by atoms with Crippen molar-refractivity contribution in [2.75, 3.05) is 37.3 Å². The second-order valence-corrected chi connectivity index (χ2v) is 8.50. The lowest BCUT2D eigenvalue weighted by atomic mass is 10.0. The van der Waals surface area contributed by atoms with Gasteiger partial charge in [-0.25, -0.2) is 8.42 Å². The zero-order valence-corrected chi connectivity index (χ0v) is 14.3. The molecular weight excluding hydrogens is 310 g/mol. The van der Waals surface area contributed by atoms with Gasteiger partial charge < -0.3 is 4.90 Å². The smallest absolute Gasteiger partial charge is 0.176 e. The molecule has 0 spiro atoms. The minimum Gasteiger partial charge on any atom is -0.369 e. The highest BCUT2D eigenvalue weighted by Gasteiger charge is 2.29. The number of nitriles is 1. The van der Waals surface area contributed by atoms with Crippen LogP contribution in [0.3, 0.4) is 0 Å². The van der Waals surface area contributed by atoms with Crippen LogP contribution in [-0.4, -0.2) is 51.8 Å². The van der Waals surface area contributed by atoms with E-state index in [9.17, 15) is 13.7 Å². The summed E-state index contributed by atoms with van der Waals surface area (Å²) < 4.78 is 23.9. The molecule has 1 aromatic carbocycles. The molecule has 0 radical (unpaired) electrons. The Morgan fingerprint density at radius 1 is 1.17 bits per heavy atom. The molecule has 3 rings (SSSR count). The maximum absolute atomic E-state index is 11.9. The van der Waals surface area contributed by atoms with E-state index >= 15 is 0 Å². The largest absolute Gasteiger partial charge is 0.369 e. The van der Waals surface area contributed by atoms with Crippen LogP contribution >= 0.6 is 0 Å². The number of anilines is 1. The van der Waals surface area contributed by atoms with E-state index in [-0.39, 0.29) is 10.5 Å². The molecule has 23 heavy (non-hydrogen) atoms. The molecule has 2 aliphatic rings. The maximum Gasteiger partial charge on any atom is 0.176 e. The van der Waals surface area contributed by atoms with Crippen molar-refractivity contribution in [3.63, 3.8) is 0 Å². The molecular formula is C17H23N3O2S. The van der Waals surface area contributed by atoms with E-state index in [0.717, 1.165) is 44.5 Å². The van der Waals surface area contributed by atoms with E-state index in [1.54, 1.807) is 6.07 Å². The Bertz CT molecular complexity index is 718. The second-order valence-electron chi connectivity index (χ2n) is 6.52. The van der Waals surface area contributed by atoms with Crippen LogP contribution in [0, 0.1) is 11.3 Å². The molecule has 0 bridgehead atoms. The number of benzene rings is 1. The lowest BCUT2D eigenvalue weighted by molar-refractivity contribution is 0.215. The number of hydrogen-bond donors (Lipinski definition) is 0. The van der Waals surface area contributed by atoms with Gasteiger partial charge in [0.2, 0.25) is 0 Å². The van der Waals surface area contributed by atoms with E-state index in [0.29, 0.717) is 6.04 Å². The predicted molar refractivity (Wildman–Crippen MR) is 90.3 cm³/mol. The molecule has 0 unspecified atom stereocenters. The Kier molecular flexibility index (Phi) is 4.60. The van der Waals surface area contributed by atoms with E-state index in [1.165, 1.54) is 25.3 Å². The van der Waals surface area contributed by atoms with Crippen LogP contribution in [0.25, 0.3) is 0 Å².